The van der Waals surface area contributed by atoms with E-state index in [2.05, 4.69) is 10.0 Å². The Hall–Kier alpha value is -1.39. The second kappa shape index (κ2) is 6.39. The lowest BCUT2D eigenvalue weighted by Crippen LogP contribution is -2.44. The number of rotatable bonds is 5. The lowest BCUT2D eigenvalue weighted by molar-refractivity contribution is -0.156. The number of hydrogen-bond acceptors (Lipinski definition) is 4. The molecule has 2 fully saturated rings. The molecule has 2 bridgehead atoms. The van der Waals surface area contributed by atoms with E-state index in [1.54, 1.807) is 18.2 Å². The lowest BCUT2D eigenvalue weighted by atomic mass is 9.94. The summed E-state index contributed by atoms with van der Waals surface area (Å²) in [5.74, 6) is -3.29. The molecule has 0 saturated carbocycles. The summed E-state index contributed by atoms with van der Waals surface area (Å²) < 4.78 is 38.4. The van der Waals surface area contributed by atoms with E-state index >= 15 is 0 Å². The van der Waals surface area contributed by atoms with Crippen molar-refractivity contribution in [3.8, 4) is 0 Å². The molecule has 0 aliphatic carbocycles. The molecule has 120 valence electrons. The smallest absolute Gasteiger partial charge is 0.316 e. The molecule has 2 aliphatic heterocycles. The maximum absolute atomic E-state index is 13.0. The Bertz CT molecular complexity index is 658. The van der Waals surface area contributed by atoms with E-state index in [9.17, 15) is 4.79 Å². The van der Waals surface area contributed by atoms with Crippen molar-refractivity contribution in [1.29, 1.82) is 1.43 Å². The fourth-order valence-corrected chi connectivity index (χ4v) is 3.53. The van der Waals surface area contributed by atoms with Crippen molar-refractivity contribution < 1.29 is 18.8 Å². The molecule has 0 radical (unpaired) electrons. The van der Waals surface area contributed by atoms with Crippen LogP contribution in [0.25, 0.3) is 0 Å². The Morgan fingerprint density at radius 3 is 2.64 bits per heavy atom. The third-order valence-corrected chi connectivity index (χ3v) is 4.77. The van der Waals surface area contributed by atoms with Gasteiger partial charge in [0.25, 0.3) is 0 Å². The zero-order chi connectivity index (χ0) is 19.2. The minimum Gasteiger partial charge on any atom is -0.462 e. The topological polar surface area (TPSA) is 49.8 Å². The molecule has 0 spiro atoms. The molecule has 5 atom stereocenters. The maximum Gasteiger partial charge on any atom is 0.316 e. The Morgan fingerprint density at radius 1 is 1.41 bits per heavy atom. The average molecular weight is 307 g/mol. The number of hydrogen-bond donors (Lipinski definition) is 1. The van der Waals surface area contributed by atoms with Gasteiger partial charge in [0.2, 0.25) is 1.43 Å². The first kappa shape index (κ1) is 11.2. The number of carbonyl (C=O) groups excluding carboxylic acids is 1. The van der Waals surface area contributed by atoms with E-state index in [0.717, 1.165) is 12.8 Å². The van der Waals surface area contributed by atoms with Crippen LogP contribution in [0.2, 0.25) is 0 Å². The van der Waals surface area contributed by atoms with E-state index in [4.69, 9.17) is 10.3 Å². The second-order valence-electron chi connectivity index (χ2n) is 6.18. The van der Waals surface area contributed by atoms with Crippen molar-refractivity contribution in [1.82, 2.24) is 4.90 Å². The highest BCUT2D eigenvalue weighted by Gasteiger charge is 2.40. The Kier molecular flexibility index (Phi) is 3.25. The quantitative estimate of drug-likeness (QED) is 0.848. The molecular formula is C18H25NO3. The average Bonchev–Trinajstić information content (AvgIpc) is 2.83. The van der Waals surface area contributed by atoms with Gasteiger partial charge in [-0.15, -0.1) is 0 Å². The number of ether oxygens (including phenoxy) is 1. The molecule has 0 aromatic heterocycles. The van der Waals surface area contributed by atoms with E-state index in [1.165, 1.54) is 19.1 Å². The summed E-state index contributed by atoms with van der Waals surface area (Å²) in [5, 5.41) is 4.43. The van der Waals surface area contributed by atoms with Crippen LogP contribution in [-0.4, -0.2) is 48.7 Å². The van der Waals surface area contributed by atoms with Crippen LogP contribution in [0.15, 0.2) is 30.3 Å². The van der Waals surface area contributed by atoms with Crippen molar-refractivity contribution in [2.24, 2.45) is 0 Å². The van der Waals surface area contributed by atoms with Gasteiger partial charge >= 0.3 is 5.97 Å². The molecule has 3 unspecified atom stereocenters. The van der Waals surface area contributed by atoms with Gasteiger partial charge < -0.3 is 14.7 Å². The van der Waals surface area contributed by atoms with E-state index in [-0.39, 0.29) is 17.6 Å². The number of piperidine rings is 1. The zero-order valence-corrected chi connectivity index (χ0v) is 13.0. The largest absolute Gasteiger partial charge is 0.462 e. The summed E-state index contributed by atoms with van der Waals surface area (Å²) >= 11 is 0. The van der Waals surface area contributed by atoms with Gasteiger partial charge in [0.15, 0.2) is 0 Å². The van der Waals surface area contributed by atoms with Crippen LogP contribution < -0.4 is 0 Å². The van der Waals surface area contributed by atoms with Crippen LogP contribution in [0.5, 0.6) is 0 Å². The van der Waals surface area contributed by atoms with Gasteiger partial charge in [-0.25, -0.2) is 0 Å². The SMILES string of the molecule is [2H]OC([2H])(C)C([2H])(C(=O)O[C@@]1([2H])CC2CC[C@H](C1)N2C)c1ccccc1. The van der Waals surface area contributed by atoms with Crippen LogP contribution in [0.1, 0.15) is 48.2 Å². The van der Waals surface area contributed by atoms with Gasteiger partial charge in [-0.2, -0.15) is 0 Å². The normalized spacial score (nSPS) is 39.5. The third-order valence-electron chi connectivity index (χ3n) is 4.77. The van der Waals surface area contributed by atoms with Crippen LogP contribution in [0.4, 0.5) is 0 Å². The zero-order valence-electron chi connectivity index (χ0n) is 17.0. The number of esters is 1. The maximum atomic E-state index is 13.0. The molecule has 0 amide bonds. The van der Waals surface area contributed by atoms with Crippen LogP contribution >= 0.6 is 0 Å². The van der Waals surface area contributed by atoms with Crippen molar-refractivity contribution in [3.05, 3.63) is 35.9 Å². The summed E-state index contributed by atoms with van der Waals surface area (Å²) in [6.07, 6.45) is -0.910. The van der Waals surface area contributed by atoms with Crippen molar-refractivity contribution in [3.63, 3.8) is 0 Å². The number of fused-ring (bicyclic) bond motifs is 2. The molecule has 2 aliphatic rings. The highest BCUT2D eigenvalue weighted by Crippen LogP contribution is 2.36. The van der Waals surface area contributed by atoms with Gasteiger partial charge in [0.05, 0.1) is 8.82 Å². The molecular weight excluding hydrogens is 278 g/mol. The summed E-state index contributed by atoms with van der Waals surface area (Å²) in [6.45, 7) is 1.19. The van der Waals surface area contributed by atoms with Crippen LogP contribution in [0, 0.1) is 0 Å². The molecule has 2 heterocycles. The predicted molar refractivity (Wildman–Crippen MR) is 84.6 cm³/mol. The fourth-order valence-electron chi connectivity index (χ4n) is 3.53. The van der Waals surface area contributed by atoms with Crippen molar-refractivity contribution in [2.75, 3.05) is 7.05 Å². The molecule has 1 N–H and O–H groups in total. The lowest BCUT2D eigenvalue weighted by Gasteiger charge is -2.36. The molecule has 3 rings (SSSR count). The predicted octanol–water partition coefficient (Wildman–Crippen LogP) is 2.32. The minimum absolute atomic E-state index is 0.186. The van der Waals surface area contributed by atoms with Gasteiger partial charge in [-0.1, -0.05) is 30.3 Å². The molecule has 4 heteroatoms. The summed E-state index contributed by atoms with van der Waals surface area (Å²) in [6, 6.07) is 8.48. The highest BCUT2D eigenvalue weighted by molar-refractivity contribution is 5.79. The van der Waals surface area contributed by atoms with E-state index < -0.39 is 24.0 Å². The first-order valence-corrected chi connectivity index (χ1v) is 7.78. The van der Waals surface area contributed by atoms with Crippen molar-refractivity contribution in [2.45, 2.75) is 62.7 Å². The standard InChI is InChI=1S/C18H25NO3/c1-12(20)17(13-6-4-3-5-7-13)18(21)22-16-10-14-8-9-15(11-16)19(14)2/h3-7,12,14-17,20H,8-11H2,1-2H3/t12?,14-,15?,16-,17?/m1/s1/i12D,16D,17D,20D. The molecule has 4 nitrogen and oxygen atoms in total. The Morgan fingerprint density at radius 2 is 2.05 bits per heavy atom. The minimum atomic E-state index is -2.27. The Balaban J connectivity index is 1.90. The fraction of sp³-hybridized carbons (Fsp3) is 0.611. The summed E-state index contributed by atoms with van der Waals surface area (Å²) in [4.78, 5) is 15.3. The third kappa shape index (κ3) is 3.03. The number of aliphatic hydroxyl groups is 1. The van der Waals surface area contributed by atoms with Crippen molar-refractivity contribution >= 4 is 5.97 Å². The molecule has 22 heavy (non-hydrogen) atoms. The molecule has 1 aromatic carbocycles. The first-order chi connectivity index (χ1) is 12.1. The molecule has 1 aromatic rings. The van der Waals surface area contributed by atoms with E-state index in [1.807, 2.05) is 7.05 Å². The number of nitrogens with zero attached hydrogens (tertiary/aromatic N) is 1. The second-order valence-corrected chi connectivity index (χ2v) is 6.18. The monoisotopic (exact) mass is 307 g/mol. The van der Waals surface area contributed by atoms with Gasteiger partial charge in [-0.3, -0.25) is 4.79 Å². The van der Waals surface area contributed by atoms with E-state index in [0.29, 0.717) is 12.8 Å². The van der Waals surface area contributed by atoms with Crippen LogP contribution in [0.3, 0.4) is 0 Å². The summed E-state index contributed by atoms with van der Waals surface area (Å²) in [5.41, 5.74) is 0.203. The Labute approximate surface area is 137 Å². The first-order valence-electron chi connectivity index (χ1n) is 9.69. The van der Waals surface area contributed by atoms with Gasteiger partial charge in [-0.05, 0) is 45.2 Å². The number of benzene rings is 1. The summed E-state index contributed by atoms with van der Waals surface area (Å²) in [7, 11) is 2.03. The van der Waals surface area contributed by atoms with Gasteiger partial charge in [0, 0.05) is 13.5 Å². The van der Waals surface area contributed by atoms with Crippen LogP contribution in [-0.2, 0) is 9.53 Å². The highest BCUT2D eigenvalue weighted by atomic mass is 16.5. The van der Waals surface area contributed by atoms with Gasteiger partial charge in [0.1, 0.15) is 12.0 Å². The molecule has 2 saturated heterocycles. The number of carbonyl (C=O) groups is 1.